The number of rotatable bonds is 4. The Morgan fingerprint density at radius 2 is 1.94 bits per heavy atom. The van der Waals surface area contributed by atoms with Gasteiger partial charge in [0.15, 0.2) is 0 Å². The van der Waals surface area contributed by atoms with E-state index in [1.165, 1.54) is 6.08 Å². The summed E-state index contributed by atoms with van der Waals surface area (Å²) in [5.74, 6) is 1.16. The maximum atomic E-state index is 11.7. The molecule has 1 rings (SSSR count). The lowest BCUT2D eigenvalue weighted by Gasteiger charge is -2.37. The normalized spacial score (nSPS) is 13.0. The Morgan fingerprint density at radius 3 is 2.39 bits per heavy atom. The summed E-state index contributed by atoms with van der Waals surface area (Å²) in [6.45, 7) is 8.71. The first kappa shape index (κ1) is 14.5. The van der Waals surface area contributed by atoms with Gasteiger partial charge in [0, 0.05) is 6.08 Å². The van der Waals surface area contributed by atoms with Crippen LogP contribution in [0.5, 0.6) is 0 Å². The van der Waals surface area contributed by atoms with Crippen LogP contribution in [0.4, 0.5) is 0 Å². The first-order valence-electron chi connectivity index (χ1n) is 5.91. The molecule has 1 amide bonds. The zero-order chi connectivity index (χ0) is 14.0. The molecule has 0 saturated carbocycles. The van der Waals surface area contributed by atoms with Gasteiger partial charge >= 0.3 is 0 Å². The van der Waals surface area contributed by atoms with Crippen molar-refractivity contribution in [1.82, 2.24) is 5.32 Å². The Labute approximate surface area is 108 Å². The summed E-state index contributed by atoms with van der Waals surface area (Å²) in [5.41, 5.74) is -1.72. The Kier molecular flexibility index (Phi) is 4.02. The van der Waals surface area contributed by atoms with Crippen LogP contribution in [-0.2, 0) is 4.79 Å². The smallest absolute Gasteiger partial charge is 0.244 e. The first-order chi connectivity index (χ1) is 8.12. The molecule has 1 aromatic rings. The minimum Gasteiger partial charge on any atom is -0.462 e. The van der Waals surface area contributed by atoms with Gasteiger partial charge in [0.1, 0.15) is 11.5 Å². The molecule has 0 aromatic carbocycles. The molecule has 100 valence electrons. The van der Waals surface area contributed by atoms with Gasteiger partial charge in [-0.2, -0.15) is 0 Å². The standard InChI is InChI=1S/C14H21NO3/c1-10-6-7-11(18-10)8-9-12(16)15-13(2,3)14(4,5)17/h6-9,17H,1-5H3,(H,15,16)/b9-8+. The number of aryl methyl sites for hydroxylation is 1. The average Bonchev–Trinajstić information content (AvgIpc) is 2.59. The van der Waals surface area contributed by atoms with Crippen molar-refractivity contribution in [2.24, 2.45) is 0 Å². The topological polar surface area (TPSA) is 62.5 Å². The van der Waals surface area contributed by atoms with E-state index in [9.17, 15) is 9.90 Å². The number of hydrogen-bond donors (Lipinski definition) is 2. The van der Waals surface area contributed by atoms with Crippen LogP contribution in [0.2, 0.25) is 0 Å². The number of aliphatic hydroxyl groups is 1. The molecule has 0 aliphatic heterocycles. The fourth-order valence-electron chi connectivity index (χ4n) is 1.20. The quantitative estimate of drug-likeness (QED) is 0.807. The van der Waals surface area contributed by atoms with E-state index < -0.39 is 11.1 Å². The molecule has 4 heteroatoms. The number of carbonyl (C=O) groups is 1. The molecule has 0 aliphatic carbocycles. The molecule has 0 saturated heterocycles. The van der Waals surface area contributed by atoms with Crippen LogP contribution in [0.1, 0.15) is 39.2 Å². The minimum atomic E-state index is -1.00. The molecule has 18 heavy (non-hydrogen) atoms. The van der Waals surface area contributed by atoms with Crippen molar-refractivity contribution in [2.45, 2.75) is 45.8 Å². The number of nitrogens with one attached hydrogen (secondary N) is 1. The lowest BCUT2D eigenvalue weighted by atomic mass is 9.86. The van der Waals surface area contributed by atoms with Crippen LogP contribution in [0.25, 0.3) is 6.08 Å². The van der Waals surface area contributed by atoms with Crippen LogP contribution in [0.3, 0.4) is 0 Å². The van der Waals surface area contributed by atoms with Gasteiger partial charge in [-0.3, -0.25) is 4.79 Å². The molecule has 0 bridgehead atoms. The summed E-state index contributed by atoms with van der Waals surface area (Å²) >= 11 is 0. The fraction of sp³-hybridized carbons (Fsp3) is 0.500. The summed E-state index contributed by atoms with van der Waals surface area (Å²) in [4.78, 5) is 11.7. The van der Waals surface area contributed by atoms with Crippen molar-refractivity contribution in [2.75, 3.05) is 0 Å². The number of carbonyl (C=O) groups excluding carboxylic acids is 1. The van der Waals surface area contributed by atoms with Crippen molar-refractivity contribution in [1.29, 1.82) is 0 Å². The molecule has 2 N–H and O–H groups in total. The second kappa shape index (κ2) is 4.98. The Hall–Kier alpha value is -1.55. The minimum absolute atomic E-state index is 0.267. The molecule has 0 spiro atoms. The molecular formula is C14H21NO3. The van der Waals surface area contributed by atoms with E-state index >= 15 is 0 Å². The highest BCUT2D eigenvalue weighted by Gasteiger charge is 2.35. The molecule has 1 aromatic heterocycles. The summed E-state index contributed by atoms with van der Waals surface area (Å²) in [5, 5.41) is 12.7. The molecule has 1 heterocycles. The van der Waals surface area contributed by atoms with E-state index in [0.717, 1.165) is 5.76 Å². The van der Waals surface area contributed by atoms with Gasteiger partial charge in [-0.25, -0.2) is 0 Å². The van der Waals surface area contributed by atoms with E-state index in [0.29, 0.717) is 5.76 Å². The lowest BCUT2D eigenvalue weighted by Crippen LogP contribution is -2.57. The molecule has 0 unspecified atom stereocenters. The Balaban J connectivity index is 2.65. The summed E-state index contributed by atoms with van der Waals surface area (Å²) in [6, 6.07) is 3.62. The summed E-state index contributed by atoms with van der Waals surface area (Å²) in [6.07, 6.45) is 2.99. The van der Waals surface area contributed by atoms with Gasteiger partial charge < -0.3 is 14.8 Å². The molecule has 0 radical (unpaired) electrons. The molecule has 0 fully saturated rings. The van der Waals surface area contributed by atoms with Gasteiger partial charge in [0.25, 0.3) is 0 Å². The van der Waals surface area contributed by atoms with Crippen molar-refractivity contribution < 1.29 is 14.3 Å². The van der Waals surface area contributed by atoms with Crippen LogP contribution in [0.15, 0.2) is 22.6 Å². The van der Waals surface area contributed by atoms with Crippen LogP contribution < -0.4 is 5.32 Å². The molecule has 0 atom stereocenters. The third-order valence-electron chi connectivity index (χ3n) is 3.13. The number of amides is 1. The van der Waals surface area contributed by atoms with E-state index in [1.807, 2.05) is 13.0 Å². The van der Waals surface area contributed by atoms with Crippen LogP contribution in [-0.4, -0.2) is 22.2 Å². The van der Waals surface area contributed by atoms with Crippen molar-refractivity contribution in [3.8, 4) is 0 Å². The highest BCUT2D eigenvalue weighted by Crippen LogP contribution is 2.20. The predicted octanol–water partition coefficient (Wildman–Crippen LogP) is 2.27. The van der Waals surface area contributed by atoms with Gasteiger partial charge in [-0.15, -0.1) is 0 Å². The van der Waals surface area contributed by atoms with E-state index in [-0.39, 0.29) is 5.91 Å². The largest absolute Gasteiger partial charge is 0.462 e. The second-order valence-electron chi connectivity index (χ2n) is 5.46. The molecular weight excluding hydrogens is 230 g/mol. The lowest BCUT2D eigenvalue weighted by molar-refractivity contribution is -0.121. The highest BCUT2D eigenvalue weighted by molar-refractivity contribution is 5.91. The maximum Gasteiger partial charge on any atom is 0.244 e. The summed E-state index contributed by atoms with van der Waals surface area (Å²) in [7, 11) is 0. The molecule has 4 nitrogen and oxygen atoms in total. The Bertz CT molecular complexity index is 450. The zero-order valence-corrected chi connectivity index (χ0v) is 11.6. The van der Waals surface area contributed by atoms with Crippen molar-refractivity contribution in [3.05, 3.63) is 29.7 Å². The monoisotopic (exact) mass is 251 g/mol. The average molecular weight is 251 g/mol. The van der Waals surface area contributed by atoms with Crippen molar-refractivity contribution in [3.63, 3.8) is 0 Å². The van der Waals surface area contributed by atoms with Gasteiger partial charge in [0.05, 0.1) is 11.1 Å². The predicted molar refractivity (Wildman–Crippen MR) is 71.0 cm³/mol. The maximum absolute atomic E-state index is 11.7. The summed E-state index contributed by atoms with van der Waals surface area (Å²) < 4.78 is 5.32. The zero-order valence-electron chi connectivity index (χ0n) is 11.6. The number of furan rings is 1. The van der Waals surface area contributed by atoms with Crippen LogP contribution >= 0.6 is 0 Å². The SMILES string of the molecule is Cc1ccc(/C=C/C(=O)NC(C)(C)C(C)(C)O)o1. The van der Waals surface area contributed by atoms with E-state index in [1.54, 1.807) is 39.8 Å². The van der Waals surface area contributed by atoms with Crippen molar-refractivity contribution >= 4 is 12.0 Å². The first-order valence-corrected chi connectivity index (χ1v) is 5.91. The Morgan fingerprint density at radius 1 is 1.33 bits per heavy atom. The van der Waals surface area contributed by atoms with Gasteiger partial charge in [-0.05, 0) is 52.8 Å². The molecule has 0 aliphatic rings. The van der Waals surface area contributed by atoms with E-state index in [2.05, 4.69) is 5.32 Å². The third-order valence-corrected chi connectivity index (χ3v) is 3.13. The van der Waals surface area contributed by atoms with Gasteiger partial charge in [-0.1, -0.05) is 0 Å². The third kappa shape index (κ3) is 3.74. The highest BCUT2D eigenvalue weighted by atomic mass is 16.3. The van der Waals surface area contributed by atoms with Crippen LogP contribution in [0, 0.1) is 6.92 Å². The number of hydrogen-bond acceptors (Lipinski definition) is 3. The second-order valence-corrected chi connectivity index (χ2v) is 5.46. The van der Waals surface area contributed by atoms with Gasteiger partial charge in [0.2, 0.25) is 5.91 Å². The van der Waals surface area contributed by atoms with E-state index in [4.69, 9.17) is 4.42 Å². The fourth-order valence-corrected chi connectivity index (χ4v) is 1.20.